The molecule has 0 unspecified atom stereocenters. The predicted octanol–water partition coefficient (Wildman–Crippen LogP) is 5.87. The van der Waals surface area contributed by atoms with Crippen molar-refractivity contribution in [3.05, 3.63) is 114 Å². The van der Waals surface area contributed by atoms with Crippen LogP contribution in [-0.2, 0) is 6.54 Å². The molecule has 2 amide bonds. The van der Waals surface area contributed by atoms with Gasteiger partial charge in [0.1, 0.15) is 0 Å². The second-order valence-electron chi connectivity index (χ2n) is 7.52. The third-order valence-electron chi connectivity index (χ3n) is 5.26. The van der Waals surface area contributed by atoms with Crippen molar-refractivity contribution in [2.45, 2.75) is 6.54 Å². The summed E-state index contributed by atoms with van der Waals surface area (Å²) >= 11 is 0. The number of hydrogen-bond acceptors (Lipinski definition) is 3. The zero-order chi connectivity index (χ0) is 23.2. The third kappa shape index (κ3) is 5.19. The SMILES string of the molecule is Nc1ccc(-c2ccccc2)cc1NC(=O)c1ccc(CN(C(=O)O)c2ccccc2)cc1. The van der Waals surface area contributed by atoms with Gasteiger partial charge >= 0.3 is 6.09 Å². The molecule has 6 heteroatoms. The minimum Gasteiger partial charge on any atom is -0.465 e. The molecule has 164 valence electrons. The largest absolute Gasteiger partial charge is 0.465 e. The van der Waals surface area contributed by atoms with E-state index in [2.05, 4.69) is 5.32 Å². The van der Waals surface area contributed by atoms with Crippen LogP contribution in [0.1, 0.15) is 15.9 Å². The van der Waals surface area contributed by atoms with Gasteiger partial charge in [0.25, 0.3) is 5.91 Å². The highest BCUT2D eigenvalue weighted by Gasteiger charge is 2.15. The Labute approximate surface area is 191 Å². The summed E-state index contributed by atoms with van der Waals surface area (Å²) in [6.45, 7) is 0.174. The number of rotatable bonds is 6. The Morgan fingerprint density at radius 1 is 0.788 bits per heavy atom. The fourth-order valence-corrected chi connectivity index (χ4v) is 3.49. The zero-order valence-corrected chi connectivity index (χ0v) is 17.8. The van der Waals surface area contributed by atoms with Gasteiger partial charge in [0, 0.05) is 11.3 Å². The lowest BCUT2D eigenvalue weighted by molar-refractivity contribution is 0.102. The zero-order valence-electron chi connectivity index (χ0n) is 17.8. The summed E-state index contributed by atoms with van der Waals surface area (Å²) in [5, 5.41) is 12.4. The van der Waals surface area contributed by atoms with Crippen molar-refractivity contribution in [1.82, 2.24) is 0 Å². The predicted molar refractivity (Wildman–Crippen MR) is 131 cm³/mol. The van der Waals surface area contributed by atoms with E-state index in [1.807, 2.05) is 48.5 Å². The molecule has 4 aromatic carbocycles. The molecular formula is C27H23N3O3. The highest BCUT2D eigenvalue weighted by molar-refractivity contribution is 6.06. The van der Waals surface area contributed by atoms with E-state index in [1.165, 1.54) is 4.90 Å². The first kappa shape index (κ1) is 21.6. The Morgan fingerprint density at radius 2 is 1.42 bits per heavy atom. The summed E-state index contributed by atoms with van der Waals surface area (Å²) in [4.78, 5) is 25.8. The number of nitrogens with zero attached hydrogens (tertiary/aromatic N) is 1. The fraction of sp³-hybridized carbons (Fsp3) is 0.0370. The summed E-state index contributed by atoms with van der Waals surface area (Å²) in [7, 11) is 0. The number of carboxylic acid groups (broad SMARTS) is 1. The number of amides is 2. The number of benzene rings is 4. The van der Waals surface area contributed by atoms with Gasteiger partial charge in [-0.25, -0.2) is 4.79 Å². The molecule has 0 aliphatic heterocycles. The second kappa shape index (κ2) is 9.70. The van der Waals surface area contributed by atoms with E-state index in [9.17, 15) is 14.7 Å². The molecule has 0 atom stereocenters. The molecule has 0 spiro atoms. The fourth-order valence-electron chi connectivity index (χ4n) is 3.49. The Morgan fingerprint density at radius 3 is 2.06 bits per heavy atom. The first-order valence-corrected chi connectivity index (χ1v) is 10.4. The van der Waals surface area contributed by atoms with Crippen LogP contribution in [0.4, 0.5) is 21.9 Å². The van der Waals surface area contributed by atoms with Crippen LogP contribution >= 0.6 is 0 Å². The number of nitrogens with one attached hydrogen (secondary N) is 1. The Bertz CT molecular complexity index is 1260. The maximum Gasteiger partial charge on any atom is 0.412 e. The lowest BCUT2D eigenvalue weighted by Crippen LogP contribution is -2.28. The van der Waals surface area contributed by atoms with Crippen molar-refractivity contribution >= 4 is 29.1 Å². The van der Waals surface area contributed by atoms with Gasteiger partial charge in [-0.15, -0.1) is 0 Å². The maximum absolute atomic E-state index is 12.8. The van der Waals surface area contributed by atoms with Gasteiger partial charge in [-0.3, -0.25) is 9.69 Å². The van der Waals surface area contributed by atoms with Crippen molar-refractivity contribution < 1.29 is 14.7 Å². The van der Waals surface area contributed by atoms with Gasteiger partial charge in [0.15, 0.2) is 0 Å². The van der Waals surface area contributed by atoms with Crippen molar-refractivity contribution in [1.29, 1.82) is 0 Å². The van der Waals surface area contributed by atoms with Gasteiger partial charge in [0.05, 0.1) is 17.9 Å². The molecule has 0 radical (unpaired) electrons. The Balaban J connectivity index is 1.48. The van der Waals surface area contributed by atoms with E-state index >= 15 is 0 Å². The second-order valence-corrected chi connectivity index (χ2v) is 7.52. The Kier molecular flexibility index (Phi) is 6.36. The average Bonchev–Trinajstić information content (AvgIpc) is 2.85. The van der Waals surface area contributed by atoms with Gasteiger partial charge in [0.2, 0.25) is 0 Å². The highest BCUT2D eigenvalue weighted by atomic mass is 16.4. The minimum atomic E-state index is -1.04. The number of nitrogen functional groups attached to an aromatic ring is 1. The first-order chi connectivity index (χ1) is 16.0. The van der Waals surface area contributed by atoms with Gasteiger partial charge in [-0.1, -0.05) is 66.7 Å². The van der Waals surface area contributed by atoms with Crippen LogP contribution in [0.3, 0.4) is 0 Å². The van der Waals surface area contributed by atoms with E-state index in [-0.39, 0.29) is 12.5 Å². The molecule has 0 saturated heterocycles. The van der Waals surface area contributed by atoms with Crippen LogP contribution in [0.2, 0.25) is 0 Å². The van der Waals surface area contributed by atoms with Crippen LogP contribution in [-0.4, -0.2) is 17.1 Å². The van der Waals surface area contributed by atoms with Crippen LogP contribution in [0, 0.1) is 0 Å². The van der Waals surface area contributed by atoms with Crippen LogP contribution in [0.15, 0.2) is 103 Å². The highest BCUT2D eigenvalue weighted by Crippen LogP contribution is 2.27. The van der Waals surface area contributed by atoms with E-state index in [4.69, 9.17) is 5.73 Å². The molecule has 4 rings (SSSR count). The lowest BCUT2D eigenvalue weighted by Gasteiger charge is -2.19. The van der Waals surface area contributed by atoms with E-state index in [0.29, 0.717) is 22.6 Å². The van der Waals surface area contributed by atoms with Crippen molar-refractivity contribution in [2.24, 2.45) is 0 Å². The molecule has 4 N–H and O–H groups in total. The summed E-state index contributed by atoms with van der Waals surface area (Å²) < 4.78 is 0. The number of anilines is 3. The van der Waals surface area contributed by atoms with E-state index < -0.39 is 6.09 Å². The smallest absolute Gasteiger partial charge is 0.412 e. The van der Waals surface area contributed by atoms with Crippen molar-refractivity contribution in [3.63, 3.8) is 0 Å². The number of carbonyl (C=O) groups excluding carboxylic acids is 1. The van der Waals surface area contributed by atoms with Gasteiger partial charge in [-0.2, -0.15) is 0 Å². The summed E-state index contributed by atoms with van der Waals surface area (Å²) in [5.41, 5.74) is 10.9. The van der Waals surface area contributed by atoms with Crippen LogP contribution in [0.25, 0.3) is 11.1 Å². The molecule has 0 fully saturated rings. The molecule has 0 aliphatic rings. The molecule has 0 aliphatic carbocycles. The van der Waals surface area contributed by atoms with E-state index in [0.717, 1.165) is 16.7 Å². The summed E-state index contributed by atoms with van der Waals surface area (Å²) in [5.74, 6) is -0.295. The molecule has 0 saturated carbocycles. The van der Waals surface area contributed by atoms with E-state index in [1.54, 1.807) is 54.6 Å². The number of hydrogen-bond donors (Lipinski definition) is 3. The number of carbonyl (C=O) groups is 2. The van der Waals surface area contributed by atoms with Crippen LogP contribution in [0.5, 0.6) is 0 Å². The molecular weight excluding hydrogens is 414 g/mol. The lowest BCUT2D eigenvalue weighted by atomic mass is 10.0. The quantitative estimate of drug-likeness (QED) is 0.329. The molecule has 4 aromatic rings. The van der Waals surface area contributed by atoms with Crippen LogP contribution < -0.4 is 16.0 Å². The standard InChI is InChI=1S/C27H23N3O3/c28-24-16-15-22(20-7-3-1-4-8-20)17-25(24)29-26(31)21-13-11-19(12-14-21)18-30(27(32)33)23-9-5-2-6-10-23/h1-17H,18,28H2,(H,29,31)(H,32,33). The minimum absolute atomic E-state index is 0.174. The monoisotopic (exact) mass is 437 g/mol. The molecule has 0 aromatic heterocycles. The third-order valence-corrected chi connectivity index (χ3v) is 5.26. The topological polar surface area (TPSA) is 95.7 Å². The first-order valence-electron chi connectivity index (χ1n) is 10.4. The average molecular weight is 437 g/mol. The molecule has 33 heavy (non-hydrogen) atoms. The van der Waals surface area contributed by atoms with Gasteiger partial charge in [-0.05, 0) is 53.1 Å². The van der Waals surface area contributed by atoms with Crippen molar-refractivity contribution in [3.8, 4) is 11.1 Å². The number of nitrogens with two attached hydrogens (primary N) is 1. The summed E-state index contributed by atoms with van der Waals surface area (Å²) in [6, 6.07) is 31.1. The number of para-hydroxylation sites is 1. The maximum atomic E-state index is 12.8. The normalized spacial score (nSPS) is 10.4. The summed E-state index contributed by atoms with van der Waals surface area (Å²) in [6.07, 6.45) is -1.04. The van der Waals surface area contributed by atoms with Crippen molar-refractivity contribution in [2.75, 3.05) is 16.0 Å². The molecule has 0 bridgehead atoms. The molecule has 6 nitrogen and oxygen atoms in total. The Hall–Kier alpha value is -4.58. The molecule has 0 heterocycles. The van der Waals surface area contributed by atoms with Gasteiger partial charge < -0.3 is 16.2 Å².